The largest absolute Gasteiger partial charge is 0.396 e. The quantitative estimate of drug-likeness (QED) is 0.670. The first kappa shape index (κ1) is 16.6. The van der Waals surface area contributed by atoms with E-state index in [0.717, 1.165) is 38.9 Å². The van der Waals surface area contributed by atoms with Gasteiger partial charge in [0.1, 0.15) is 0 Å². The second-order valence-electron chi connectivity index (χ2n) is 7.13. The van der Waals surface area contributed by atoms with Gasteiger partial charge in [-0.3, -0.25) is 4.90 Å². The molecular weight excluding hydrogens is 266 g/mol. The molecule has 1 aliphatic carbocycles. The Hall–Kier alpha value is -0.810. The van der Waals surface area contributed by atoms with Crippen LogP contribution < -0.4 is 10.6 Å². The van der Waals surface area contributed by atoms with E-state index in [1.165, 1.54) is 12.8 Å². The standard InChI is InChI=1S/C16H31N3O2/c1-13(2)12-19-9-3-5-14(19)11-17-15(21)18-16(8-10-20)6-4-7-16/h13-14,20H,3-12H2,1-2H3,(H2,17,18,21)/t14-/m1/s1. The predicted octanol–water partition coefficient (Wildman–Crippen LogP) is 1.71. The van der Waals surface area contributed by atoms with Crippen molar-refractivity contribution in [1.29, 1.82) is 0 Å². The lowest BCUT2D eigenvalue weighted by molar-refractivity contribution is 0.134. The summed E-state index contributed by atoms with van der Waals surface area (Å²) < 4.78 is 0. The molecule has 5 heteroatoms. The molecule has 2 rings (SSSR count). The van der Waals surface area contributed by atoms with Crippen molar-refractivity contribution < 1.29 is 9.90 Å². The van der Waals surface area contributed by atoms with Gasteiger partial charge in [0.25, 0.3) is 0 Å². The minimum Gasteiger partial charge on any atom is -0.396 e. The van der Waals surface area contributed by atoms with Gasteiger partial charge in [0.15, 0.2) is 0 Å². The lowest BCUT2D eigenvalue weighted by atomic mass is 9.74. The van der Waals surface area contributed by atoms with Crippen LogP contribution in [0.25, 0.3) is 0 Å². The zero-order valence-corrected chi connectivity index (χ0v) is 13.5. The van der Waals surface area contributed by atoms with Crippen LogP contribution in [0.3, 0.4) is 0 Å². The molecule has 1 saturated heterocycles. The number of urea groups is 1. The average Bonchev–Trinajstić information content (AvgIpc) is 2.80. The summed E-state index contributed by atoms with van der Waals surface area (Å²) in [7, 11) is 0. The summed E-state index contributed by atoms with van der Waals surface area (Å²) in [5, 5.41) is 15.2. The summed E-state index contributed by atoms with van der Waals surface area (Å²) in [4.78, 5) is 14.6. The smallest absolute Gasteiger partial charge is 0.315 e. The molecule has 0 unspecified atom stereocenters. The number of rotatable bonds is 7. The molecule has 21 heavy (non-hydrogen) atoms. The van der Waals surface area contributed by atoms with Gasteiger partial charge in [-0.05, 0) is 51.0 Å². The molecule has 1 saturated carbocycles. The van der Waals surface area contributed by atoms with Crippen molar-refractivity contribution >= 4 is 6.03 Å². The van der Waals surface area contributed by atoms with Crippen LogP contribution in [0.4, 0.5) is 4.79 Å². The number of likely N-dealkylation sites (tertiary alicyclic amines) is 1. The molecule has 3 N–H and O–H groups in total. The van der Waals surface area contributed by atoms with Crippen LogP contribution in [0.1, 0.15) is 52.4 Å². The van der Waals surface area contributed by atoms with Crippen molar-refractivity contribution in [3.05, 3.63) is 0 Å². The monoisotopic (exact) mass is 297 g/mol. The van der Waals surface area contributed by atoms with Crippen molar-refractivity contribution in [3.63, 3.8) is 0 Å². The molecule has 0 aromatic heterocycles. The highest BCUT2D eigenvalue weighted by molar-refractivity contribution is 5.75. The van der Waals surface area contributed by atoms with Crippen molar-refractivity contribution in [2.24, 2.45) is 5.92 Å². The highest BCUT2D eigenvalue weighted by Crippen LogP contribution is 2.34. The van der Waals surface area contributed by atoms with Crippen molar-refractivity contribution in [2.45, 2.75) is 64.0 Å². The Balaban J connectivity index is 1.73. The van der Waals surface area contributed by atoms with Crippen LogP contribution in [0.15, 0.2) is 0 Å². The van der Waals surface area contributed by atoms with Crippen LogP contribution in [0.5, 0.6) is 0 Å². The van der Waals surface area contributed by atoms with Gasteiger partial charge in [-0.1, -0.05) is 13.8 Å². The van der Waals surface area contributed by atoms with Gasteiger partial charge < -0.3 is 15.7 Å². The van der Waals surface area contributed by atoms with E-state index < -0.39 is 0 Å². The Morgan fingerprint density at radius 1 is 1.38 bits per heavy atom. The summed E-state index contributed by atoms with van der Waals surface area (Å²) in [5.74, 6) is 0.669. The lowest BCUT2D eigenvalue weighted by Crippen LogP contribution is -2.57. The first-order valence-electron chi connectivity index (χ1n) is 8.45. The molecule has 5 nitrogen and oxygen atoms in total. The van der Waals surface area contributed by atoms with Gasteiger partial charge in [0.05, 0.1) is 0 Å². The third-order valence-electron chi connectivity index (χ3n) is 4.88. The number of nitrogens with one attached hydrogen (secondary N) is 2. The molecule has 2 aliphatic rings. The molecule has 1 aliphatic heterocycles. The molecule has 0 spiro atoms. The van der Waals surface area contributed by atoms with Gasteiger partial charge in [-0.25, -0.2) is 4.79 Å². The molecule has 122 valence electrons. The van der Waals surface area contributed by atoms with Gasteiger partial charge in [-0.15, -0.1) is 0 Å². The maximum Gasteiger partial charge on any atom is 0.315 e. The summed E-state index contributed by atoms with van der Waals surface area (Å²) >= 11 is 0. The normalized spacial score (nSPS) is 24.9. The Bertz CT molecular complexity index is 342. The fraction of sp³-hybridized carbons (Fsp3) is 0.938. The Kier molecular flexibility index (Phi) is 5.88. The number of nitrogens with zero attached hydrogens (tertiary/aromatic N) is 1. The highest BCUT2D eigenvalue weighted by atomic mass is 16.3. The molecule has 0 bridgehead atoms. The second kappa shape index (κ2) is 7.45. The van der Waals surface area contributed by atoms with Crippen LogP contribution in [-0.4, -0.2) is 53.9 Å². The van der Waals surface area contributed by atoms with E-state index in [4.69, 9.17) is 5.11 Å². The molecule has 2 fully saturated rings. The fourth-order valence-corrected chi connectivity index (χ4v) is 3.59. The van der Waals surface area contributed by atoms with Crippen LogP contribution >= 0.6 is 0 Å². The van der Waals surface area contributed by atoms with Gasteiger partial charge in [0, 0.05) is 31.3 Å². The summed E-state index contributed by atoms with van der Waals surface area (Å²) in [6, 6.07) is 0.410. The van der Waals surface area contributed by atoms with E-state index in [-0.39, 0.29) is 18.2 Å². The van der Waals surface area contributed by atoms with E-state index >= 15 is 0 Å². The summed E-state index contributed by atoms with van der Waals surface area (Å²) in [5.41, 5.74) is -0.147. The van der Waals surface area contributed by atoms with Crippen LogP contribution in [0, 0.1) is 5.92 Å². The van der Waals surface area contributed by atoms with Crippen molar-refractivity contribution in [3.8, 4) is 0 Å². The summed E-state index contributed by atoms with van der Waals surface area (Å²) in [6.07, 6.45) is 6.20. The third kappa shape index (κ3) is 4.58. The van der Waals surface area contributed by atoms with E-state index in [9.17, 15) is 4.79 Å². The van der Waals surface area contributed by atoms with E-state index in [0.29, 0.717) is 18.4 Å². The topological polar surface area (TPSA) is 64.6 Å². The Morgan fingerprint density at radius 2 is 2.14 bits per heavy atom. The SMILES string of the molecule is CC(C)CN1CCC[C@@H]1CNC(=O)NC1(CCO)CCC1. The minimum atomic E-state index is -0.147. The maximum absolute atomic E-state index is 12.1. The van der Waals surface area contributed by atoms with Gasteiger partial charge in [0.2, 0.25) is 0 Å². The van der Waals surface area contributed by atoms with Crippen molar-refractivity contribution in [2.75, 3.05) is 26.2 Å². The number of hydrogen-bond donors (Lipinski definition) is 3. The first-order valence-corrected chi connectivity index (χ1v) is 8.45. The predicted molar refractivity (Wildman–Crippen MR) is 84.3 cm³/mol. The van der Waals surface area contributed by atoms with E-state index in [2.05, 4.69) is 29.4 Å². The minimum absolute atomic E-state index is 0.0699. The first-order chi connectivity index (χ1) is 10.0. The number of carbonyl (C=O) groups excluding carboxylic acids is 1. The lowest BCUT2D eigenvalue weighted by Gasteiger charge is -2.42. The number of aliphatic hydroxyl groups excluding tert-OH is 1. The van der Waals surface area contributed by atoms with Gasteiger partial charge >= 0.3 is 6.03 Å². The molecule has 0 aromatic carbocycles. The van der Waals surface area contributed by atoms with E-state index in [1.807, 2.05) is 0 Å². The van der Waals surface area contributed by atoms with Crippen LogP contribution in [0.2, 0.25) is 0 Å². The molecular formula is C16H31N3O2. The zero-order chi connectivity index (χ0) is 15.3. The number of hydrogen-bond acceptors (Lipinski definition) is 3. The highest BCUT2D eigenvalue weighted by Gasteiger charge is 2.37. The number of aliphatic hydroxyl groups is 1. The van der Waals surface area contributed by atoms with E-state index in [1.54, 1.807) is 0 Å². The molecule has 1 heterocycles. The van der Waals surface area contributed by atoms with Crippen molar-refractivity contribution in [1.82, 2.24) is 15.5 Å². The van der Waals surface area contributed by atoms with Gasteiger partial charge in [-0.2, -0.15) is 0 Å². The average molecular weight is 297 g/mol. The Labute approximate surface area is 128 Å². The molecule has 1 atom stereocenters. The zero-order valence-electron chi connectivity index (χ0n) is 13.5. The number of carbonyl (C=O) groups is 1. The molecule has 0 radical (unpaired) electrons. The Morgan fingerprint density at radius 3 is 2.71 bits per heavy atom. The van der Waals surface area contributed by atoms with Crippen LogP contribution in [-0.2, 0) is 0 Å². The number of amides is 2. The summed E-state index contributed by atoms with van der Waals surface area (Å²) in [6.45, 7) is 7.62. The third-order valence-corrected chi connectivity index (χ3v) is 4.88. The fourth-order valence-electron chi connectivity index (χ4n) is 3.59. The molecule has 0 aromatic rings. The second-order valence-corrected chi connectivity index (χ2v) is 7.13. The molecule has 2 amide bonds. The maximum atomic E-state index is 12.1.